The van der Waals surface area contributed by atoms with Crippen LogP contribution in [0.25, 0.3) is 0 Å². The van der Waals surface area contributed by atoms with Crippen LogP contribution in [0.5, 0.6) is 0 Å². The summed E-state index contributed by atoms with van der Waals surface area (Å²) in [6.07, 6.45) is 5.64. The van der Waals surface area contributed by atoms with Gasteiger partial charge in [-0.2, -0.15) is 0 Å². The molecule has 2 heteroatoms. The second kappa shape index (κ2) is 1.87. The van der Waals surface area contributed by atoms with Gasteiger partial charge in [0.15, 0.2) is 0 Å². The predicted octanol–water partition coefficient (Wildman–Crippen LogP) is 0.156. The fraction of sp³-hybridized carbons (Fsp3) is 0.200. The van der Waals surface area contributed by atoms with Gasteiger partial charge in [0.2, 0.25) is 0 Å². The Bertz CT molecular complexity index is 115. The lowest BCUT2D eigenvalue weighted by Gasteiger charge is -2.03. The molecule has 1 heterocycles. The van der Waals surface area contributed by atoms with E-state index < -0.39 is 0 Å². The third kappa shape index (κ3) is 1.11. The van der Waals surface area contributed by atoms with Gasteiger partial charge in [-0.25, -0.2) is 0 Å². The van der Waals surface area contributed by atoms with E-state index in [4.69, 9.17) is 7.85 Å². The molecule has 2 radical (unpaired) electrons. The predicted molar refractivity (Wildman–Crippen MR) is 31.0 cm³/mol. The van der Waals surface area contributed by atoms with E-state index in [0.717, 1.165) is 12.0 Å². The van der Waals surface area contributed by atoms with Crippen molar-refractivity contribution in [1.29, 1.82) is 0 Å². The summed E-state index contributed by atoms with van der Waals surface area (Å²) in [7, 11) is 5.38. The first-order valence-electron chi connectivity index (χ1n) is 2.24. The summed E-state index contributed by atoms with van der Waals surface area (Å²) in [5, 5.41) is 2.96. The first-order valence-corrected chi connectivity index (χ1v) is 2.24. The Morgan fingerprint density at radius 2 is 2.57 bits per heavy atom. The molecule has 0 saturated heterocycles. The second-order valence-corrected chi connectivity index (χ2v) is 1.48. The molecule has 34 valence electrons. The van der Waals surface area contributed by atoms with Gasteiger partial charge in [0, 0.05) is 6.54 Å². The van der Waals surface area contributed by atoms with Gasteiger partial charge in [-0.1, -0.05) is 11.5 Å². The number of rotatable bonds is 0. The molecule has 0 aliphatic carbocycles. The summed E-state index contributed by atoms with van der Waals surface area (Å²) in [4.78, 5) is 0. The Morgan fingerprint density at radius 3 is 2.86 bits per heavy atom. The third-order valence-corrected chi connectivity index (χ3v) is 0.831. The van der Waals surface area contributed by atoms with Crippen molar-refractivity contribution in [2.24, 2.45) is 0 Å². The molecule has 1 aliphatic rings. The van der Waals surface area contributed by atoms with Crippen molar-refractivity contribution in [3.8, 4) is 0 Å². The summed E-state index contributed by atoms with van der Waals surface area (Å²) in [5.41, 5.74) is 0.891. The molecule has 0 aromatic rings. The zero-order chi connectivity index (χ0) is 5.11. The van der Waals surface area contributed by atoms with Crippen LogP contribution in [-0.2, 0) is 0 Å². The monoisotopic (exact) mass is 91.1 g/mol. The SMILES string of the molecule is [B]C1=CC=CNC1. The maximum atomic E-state index is 5.38. The minimum atomic E-state index is 0.788. The zero-order valence-corrected chi connectivity index (χ0v) is 4.02. The smallest absolute Gasteiger partial charge is 0.110 e. The maximum Gasteiger partial charge on any atom is 0.110 e. The highest BCUT2D eigenvalue weighted by atomic mass is 14.8. The average Bonchev–Trinajstić information content (AvgIpc) is 1.69. The molecule has 1 nitrogen and oxygen atoms in total. The summed E-state index contributed by atoms with van der Waals surface area (Å²) in [6, 6.07) is 0. The van der Waals surface area contributed by atoms with Crippen molar-refractivity contribution in [3.05, 3.63) is 23.8 Å². The van der Waals surface area contributed by atoms with Crippen molar-refractivity contribution >= 4 is 7.85 Å². The Kier molecular flexibility index (Phi) is 1.20. The van der Waals surface area contributed by atoms with E-state index in [2.05, 4.69) is 5.32 Å². The molecule has 0 amide bonds. The van der Waals surface area contributed by atoms with Gasteiger partial charge in [-0.3, -0.25) is 0 Å². The van der Waals surface area contributed by atoms with Crippen LogP contribution in [0.2, 0.25) is 0 Å². The molecule has 0 aromatic carbocycles. The van der Waals surface area contributed by atoms with Gasteiger partial charge in [0.25, 0.3) is 0 Å². The fourth-order valence-corrected chi connectivity index (χ4v) is 0.475. The largest absolute Gasteiger partial charge is 0.388 e. The highest BCUT2D eigenvalue weighted by molar-refractivity contribution is 6.22. The quantitative estimate of drug-likeness (QED) is 0.418. The van der Waals surface area contributed by atoms with Crippen LogP contribution >= 0.6 is 0 Å². The topological polar surface area (TPSA) is 12.0 Å². The van der Waals surface area contributed by atoms with Crippen LogP contribution < -0.4 is 5.32 Å². The summed E-state index contributed by atoms with van der Waals surface area (Å²) < 4.78 is 0. The standard InChI is InChI=1S/C5H6BN/c6-5-2-1-3-7-4-5/h1-3,7H,4H2. The van der Waals surface area contributed by atoms with Crippen LogP contribution in [0, 0.1) is 0 Å². The highest BCUT2D eigenvalue weighted by Gasteiger charge is 1.85. The van der Waals surface area contributed by atoms with Crippen molar-refractivity contribution in [1.82, 2.24) is 5.32 Å². The number of nitrogens with one attached hydrogen (secondary N) is 1. The van der Waals surface area contributed by atoms with E-state index in [1.807, 2.05) is 18.4 Å². The van der Waals surface area contributed by atoms with Crippen molar-refractivity contribution in [3.63, 3.8) is 0 Å². The number of dihydropyridines is 1. The molecule has 1 N–H and O–H groups in total. The summed E-state index contributed by atoms with van der Waals surface area (Å²) >= 11 is 0. The molecule has 0 atom stereocenters. The lowest BCUT2D eigenvalue weighted by Crippen LogP contribution is -2.11. The van der Waals surface area contributed by atoms with Crippen LogP contribution in [0.15, 0.2) is 23.8 Å². The van der Waals surface area contributed by atoms with Gasteiger partial charge in [-0.15, -0.1) is 0 Å². The Balaban J connectivity index is 2.57. The van der Waals surface area contributed by atoms with E-state index in [-0.39, 0.29) is 0 Å². The molecule has 0 bridgehead atoms. The van der Waals surface area contributed by atoms with Crippen LogP contribution in [0.3, 0.4) is 0 Å². The minimum Gasteiger partial charge on any atom is -0.388 e. The molecule has 0 fully saturated rings. The lowest BCUT2D eigenvalue weighted by molar-refractivity contribution is 0.958. The summed E-state index contributed by atoms with van der Waals surface area (Å²) in [6.45, 7) is 0.788. The van der Waals surface area contributed by atoms with Crippen LogP contribution in [0.1, 0.15) is 0 Å². The van der Waals surface area contributed by atoms with Gasteiger partial charge < -0.3 is 5.32 Å². The molecule has 0 saturated carbocycles. The molecule has 1 rings (SSSR count). The van der Waals surface area contributed by atoms with Crippen molar-refractivity contribution in [2.45, 2.75) is 0 Å². The lowest BCUT2D eigenvalue weighted by atomic mass is 9.94. The highest BCUT2D eigenvalue weighted by Crippen LogP contribution is 1.89. The van der Waals surface area contributed by atoms with Gasteiger partial charge in [-0.05, 0) is 12.3 Å². The first kappa shape index (κ1) is 4.50. The van der Waals surface area contributed by atoms with Crippen LogP contribution in [-0.4, -0.2) is 14.4 Å². The Labute approximate surface area is 44.5 Å². The molecule has 7 heavy (non-hydrogen) atoms. The van der Waals surface area contributed by atoms with Crippen molar-refractivity contribution < 1.29 is 0 Å². The van der Waals surface area contributed by atoms with E-state index in [1.54, 1.807) is 0 Å². The van der Waals surface area contributed by atoms with Crippen molar-refractivity contribution in [2.75, 3.05) is 6.54 Å². The number of hydrogen-bond donors (Lipinski definition) is 1. The minimum absolute atomic E-state index is 0.788. The van der Waals surface area contributed by atoms with Crippen LogP contribution in [0.4, 0.5) is 0 Å². The van der Waals surface area contributed by atoms with E-state index >= 15 is 0 Å². The van der Waals surface area contributed by atoms with Gasteiger partial charge >= 0.3 is 0 Å². The van der Waals surface area contributed by atoms with E-state index in [0.29, 0.717) is 0 Å². The zero-order valence-electron chi connectivity index (χ0n) is 4.02. The Hall–Kier alpha value is -0.655. The summed E-state index contributed by atoms with van der Waals surface area (Å²) in [5.74, 6) is 0. The molecule has 1 aliphatic heterocycles. The Morgan fingerprint density at radius 1 is 1.71 bits per heavy atom. The molecular weight excluding hydrogens is 84.9 g/mol. The molecule has 0 spiro atoms. The van der Waals surface area contributed by atoms with E-state index in [9.17, 15) is 0 Å². The first-order chi connectivity index (χ1) is 3.39. The van der Waals surface area contributed by atoms with E-state index in [1.165, 1.54) is 0 Å². The number of hydrogen-bond acceptors (Lipinski definition) is 1. The maximum absolute atomic E-state index is 5.38. The number of allylic oxidation sites excluding steroid dienone is 2. The average molecular weight is 90.9 g/mol. The molecule has 0 aromatic heterocycles. The third-order valence-electron chi connectivity index (χ3n) is 0.831. The normalized spacial score (nSPS) is 18.0. The van der Waals surface area contributed by atoms with Gasteiger partial charge in [0.1, 0.15) is 7.85 Å². The fourth-order valence-electron chi connectivity index (χ4n) is 0.475. The molecular formula is C5H6BN. The molecule has 0 unspecified atom stereocenters. The van der Waals surface area contributed by atoms with Gasteiger partial charge in [0.05, 0.1) is 0 Å². The second-order valence-electron chi connectivity index (χ2n) is 1.48.